The standard InChI is InChI=1S/C15H16ClN5O/c16-13-5-6-14(20-19-13)21-8-2-3-11(10-21)15(22)18-12-4-1-7-17-9-12/h1,4-7,9,11H,2-3,8,10H2,(H,18,22)/t11-/m1/s1. The van der Waals surface area contributed by atoms with Crippen molar-refractivity contribution in [3.63, 3.8) is 0 Å². The molecule has 0 aliphatic carbocycles. The van der Waals surface area contributed by atoms with E-state index >= 15 is 0 Å². The Bertz CT molecular complexity index is 634. The average molecular weight is 318 g/mol. The van der Waals surface area contributed by atoms with Crippen LogP contribution in [-0.2, 0) is 4.79 Å². The fourth-order valence-corrected chi connectivity index (χ4v) is 2.66. The van der Waals surface area contributed by atoms with E-state index in [1.165, 1.54) is 0 Å². The summed E-state index contributed by atoms with van der Waals surface area (Å²) in [6.45, 7) is 1.50. The topological polar surface area (TPSA) is 71.0 Å². The second kappa shape index (κ2) is 6.70. The van der Waals surface area contributed by atoms with Crippen LogP contribution >= 0.6 is 11.6 Å². The SMILES string of the molecule is O=C(Nc1cccnc1)[C@@H]1CCCN(c2ccc(Cl)nn2)C1. The number of carbonyl (C=O) groups is 1. The minimum absolute atomic E-state index is 0.0135. The Morgan fingerprint density at radius 2 is 2.23 bits per heavy atom. The van der Waals surface area contributed by atoms with Crippen LogP contribution in [0.15, 0.2) is 36.7 Å². The van der Waals surface area contributed by atoms with Crippen LogP contribution in [0.1, 0.15) is 12.8 Å². The van der Waals surface area contributed by atoms with Crippen molar-refractivity contribution in [2.24, 2.45) is 5.92 Å². The van der Waals surface area contributed by atoms with Gasteiger partial charge in [-0.2, -0.15) is 0 Å². The van der Waals surface area contributed by atoms with Crippen molar-refractivity contribution in [2.45, 2.75) is 12.8 Å². The second-order valence-corrected chi connectivity index (χ2v) is 5.62. The van der Waals surface area contributed by atoms with Gasteiger partial charge in [-0.05, 0) is 37.1 Å². The highest BCUT2D eigenvalue weighted by Crippen LogP contribution is 2.22. The lowest BCUT2D eigenvalue weighted by Crippen LogP contribution is -2.41. The first-order valence-corrected chi connectivity index (χ1v) is 7.55. The Balaban J connectivity index is 1.65. The highest BCUT2D eigenvalue weighted by molar-refractivity contribution is 6.29. The summed E-state index contributed by atoms with van der Waals surface area (Å²) in [7, 11) is 0. The second-order valence-electron chi connectivity index (χ2n) is 5.23. The summed E-state index contributed by atoms with van der Waals surface area (Å²) in [6, 6.07) is 7.17. The van der Waals surface area contributed by atoms with Gasteiger partial charge in [-0.15, -0.1) is 10.2 Å². The van der Waals surface area contributed by atoms with Gasteiger partial charge in [0.25, 0.3) is 0 Å². The Labute approximate surface area is 133 Å². The van der Waals surface area contributed by atoms with E-state index in [0.717, 1.165) is 30.9 Å². The number of anilines is 2. The number of halogens is 1. The molecule has 2 aromatic rings. The van der Waals surface area contributed by atoms with Gasteiger partial charge in [-0.25, -0.2) is 0 Å². The molecular formula is C15H16ClN5O. The molecule has 6 nitrogen and oxygen atoms in total. The van der Waals surface area contributed by atoms with Gasteiger partial charge in [0.1, 0.15) is 0 Å². The minimum atomic E-state index is -0.0774. The number of rotatable bonds is 3. The molecule has 22 heavy (non-hydrogen) atoms. The summed E-state index contributed by atoms with van der Waals surface area (Å²) in [5.74, 6) is 0.689. The zero-order chi connectivity index (χ0) is 15.4. The number of piperidine rings is 1. The zero-order valence-corrected chi connectivity index (χ0v) is 12.7. The average Bonchev–Trinajstić information content (AvgIpc) is 2.56. The van der Waals surface area contributed by atoms with Crippen LogP contribution in [0.25, 0.3) is 0 Å². The molecule has 1 aliphatic heterocycles. The lowest BCUT2D eigenvalue weighted by molar-refractivity contribution is -0.120. The zero-order valence-electron chi connectivity index (χ0n) is 11.9. The van der Waals surface area contributed by atoms with Crippen LogP contribution < -0.4 is 10.2 Å². The largest absolute Gasteiger partial charge is 0.354 e. The molecule has 0 spiro atoms. The fraction of sp³-hybridized carbons (Fsp3) is 0.333. The van der Waals surface area contributed by atoms with Crippen molar-refractivity contribution in [3.8, 4) is 0 Å². The molecule has 3 heterocycles. The predicted octanol–water partition coefficient (Wildman–Crippen LogP) is 2.38. The minimum Gasteiger partial charge on any atom is -0.354 e. The van der Waals surface area contributed by atoms with Crippen LogP contribution in [0, 0.1) is 5.92 Å². The molecule has 0 aromatic carbocycles. The van der Waals surface area contributed by atoms with E-state index < -0.39 is 0 Å². The molecule has 3 rings (SSSR count). The molecule has 1 saturated heterocycles. The molecule has 1 amide bonds. The van der Waals surface area contributed by atoms with Gasteiger partial charge < -0.3 is 10.2 Å². The highest BCUT2D eigenvalue weighted by Gasteiger charge is 2.26. The van der Waals surface area contributed by atoms with Crippen molar-refractivity contribution < 1.29 is 4.79 Å². The van der Waals surface area contributed by atoms with E-state index in [1.54, 1.807) is 24.5 Å². The smallest absolute Gasteiger partial charge is 0.229 e. The monoisotopic (exact) mass is 317 g/mol. The van der Waals surface area contributed by atoms with E-state index in [2.05, 4.69) is 25.4 Å². The first kappa shape index (κ1) is 14.7. The third-order valence-electron chi connectivity index (χ3n) is 3.66. The molecule has 0 saturated carbocycles. The van der Waals surface area contributed by atoms with Crippen LogP contribution in [-0.4, -0.2) is 34.2 Å². The van der Waals surface area contributed by atoms with Gasteiger partial charge in [0.2, 0.25) is 5.91 Å². The molecule has 1 aliphatic rings. The third-order valence-corrected chi connectivity index (χ3v) is 3.86. The van der Waals surface area contributed by atoms with Gasteiger partial charge in [0.15, 0.2) is 11.0 Å². The van der Waals surface area contributed by atoms with Crippen molar-refractivity contribution in [1.29, 1.82) is 0 Å². The first-order valence-electron chi connectivity index (χ1n) is 7.17. The van der Waals surface area contributed by atoms with E-state index in [4.69, 9.17) is 11.6 Å². The summed E-state index contributed by atoms with van der Waals surface area (Å²) < 4.78 is 0. The maximum Gasteiger partial charge on any atom is 0.229 e. The molecule has 0 unspecified atom stereocenters. The first-order chi connectivity index (χ1) is 10.7. The number of pyridine rings is 1. The summed E-state index contributed by atoms with van der Waals surface area (Å²) in [4.78, 5) is 18.4. The summed E-state index contributed by atoms with van der Waals surface area (Å²) in [5, 5.41) is 11.2. The lowest BCUT2D eigenvalue weighted by atomic mass is 9.97. The van der Waals surface area contributed by atoms with Crippen molar-refractivity contribution >= 4 is 29.0 Å². The Kier molecular flexibility index (Phi) is 4.48. The summed E-state index contributed by atoms with van der Waals surface area (Å²) >= 11 is 5.76. The molecule has 114 valence electrons. The summed E-state index contributed by atoms with van der Waals surface area (Å²) in [5.41, 5.74) is 0.718. The van der Waals surface area contributed by atoms with E-state index in [0.29, 0.717) is 11.7 Å². The van der Waals surface area contributed by atoms with Crippen LogP contribution in [0.5, 0.6) is 0 Å². The number of amides is 1. The molecule has 1 N–H and O–H groups in total. The molecule has 0 radical (unpaired) electrons. The van der Waals surface area contributed by atoms with Gasteiger partial charge in [-0.3, -0.25) is 9.78 Å². The number of carbonyl (C=O) groups excluding carboxylic acids is 1. The normalized spacial score (nSPS) is 18.0. The van der Waals surface area contributed by atoms with Crippen LogP contribution in [0.4, 0.5) is 11.5 Å². The van der Waals surface area contributed by atoms with Gasteiger partial charge in [0, 0.05) is 19.3 Å². The highest BCUT2D eigenvalue weighted by atomic mass is 35.5. The van der Waals surface area contributed by atoms with E-state index in [-0.39, 0.29) is 11.8 Å². The molecular weight excluding hydrogens is 302 g/mol. The Hall–Kier alpha value is -2.21. The van der Waals surface area contributed by atoms with Gasteiger partial charge >= 0.3 is 0 Å². The van der Waals surface area contributed by atoms with Crippen LogP contribution in [0.2, 0.25) is 5.15 Å². The Morgan fingerprint density at radius 1 is 1.32 bits per heavy atom. The molecule has 0 bridgehead atoms. The van der Waals surface area contributed by atoms with Crippen molar-refractivity contribution in [1.82, 2.24) is 15.2 Å². The van der Waals surface area contributed by atoms with Crippen molar-refractivity contribution in [2.75, 3.05) is 23.3 Å². The number of nitrogens with zero attached hydrogens (tertiary/aromatic N) is 4. The fourth-order valence-electron chi connectivity index (χ4n) is 2.56. The van der Waals surface area contributed by atoms with E-state index in [1.807, 2.05) is 12.1 Å². The van der Waals surface area contributed by atoms with E-state index in [9.17, 15) is 4.79 Å². The van der Waals surface area contributed by atoms with Gasteiger partial charge in [-0.1, -0.05) is 11.6 Å². The molecule has 2 aromatic heterocycles. The molecule has 1 atom stereocenters. The maximum atomic E-state index is 12.4. The summed E-state index contributed by atoms with van der Waals surface area (Å²) in [6.07, 6.45) is 5.12. The van der Waals surface area contributed by atoms with Crippen LogP contribution in [0.3, 0.4) is 0 Å². The number of nitrogens with one attached hydrogen (secondary N) is 1. The Morgan fingerprint density at radius 3 is 2.95 bits per heavy atom. The lowest BCUT2D eigenvalue weighted by Gasteiger charge is -2.32. The third kappa shape index (κ3) is 3.51. The number of aromatic nitrogens is 3. The number of hydrogen-bond donors (Lipinski definition) is 1. The maximum absolute atomic E-state index is 12.4. The number of hydrogen-bond acceptors (Lipinski definition) is 5. The van der Waals surface area contributed by atoms with Gasteiger partial charge in [0.05, 0.1) is 17.8 Å². The molecule has 7 heteroatoms. The predicted molar refractivity (Wildman–Crippen MR) is 84.8 cm³/mol. The van der Waals surface area contributed by atoms with Crippen molar-refractivity contribution in [3.05, 3.63) is 41.8 Å². The quantitative estimate of drug-likeness (QED) is 0.941. The molecule has 1 fully saturated rings.